The normalized spacial score (nSPS) is 48.0. The summed E-state index contributed by atoms with van der Waals surface area (Å²) < 4.78 is 0. The van der Waals surface area contributed by atoms with Gasteiger partial charge >= 0.3 is 0 Å². The summed E-state index contributed by atoms with van der Waals surface area (Å²) in [5, 5.41) is 5.52. The maximum Gasteiger partial charge on any atom is 0.0988 e. The van der Waals surface area contributed by atoms with Crippen molar-refractivity contribution in [2.75, 3.05) is 19.6 Å². The Labute approximate surface area is 42.7 Å². The highest BCUT2D eigenvalue weighted by molar-refractivity contribution is 4.84. The monoisotopic (exact) mass is 99.1 g/mol. The van der Waals surface area contributed by atoms with Gasteiger partial charge in [0.05, 0.1) is 6.17 Å². The first-order valence-electron chi connectivity index (χ1n) is 2.70. The third-order valence-electron chi connectivity index (χ3n) is 1.49. The van der Waals surface area contributed by atoms with Crippen molar-refractivity contribution in [3.63, 3.8) is 0 Å². The lowest BCUT2D eigenvalue weighted by Gasteiger charge is -2.07. The van der Waals surface area contributed by atoms with Crippen LogP contribution >= 0.6 is 0 Å². The molecule has 0 aromatic rings. The van der Waals surface area contributed by atoms with Crippen LogP contribution in [0, 0.1) is 0 Å². The molecule has 3 nitrogen and oxygen atoms in total. The van der Waals surface area contributed by atoms with E-state index in [2.05, 4.69) is 15.8 Å². The molecule has 0 aromatic heterocycles. The average molecular weight is 99.1 g/mol. The van der Waals surface area contributed by atoms with E-state index in [-0.39, 0.29) is 0 Å². The first-order valence-corrected chi connectivity index (χ1v) is 2.70. The van der Waals surface area contributed by atoms with Crippen LogP contribution in [0.1, 0.15) is 0 Å². The first kappa shape index (κ1) is 3.83. The van der Waals surface area contributed by atoms with Crippen molar-refractivity contribution < 1.29 is 0 Å². The van der Waals surface area contributed by atoms with Gasteiger partial charge in [-0.15, -0.1) is 0 Å². The summed E-state index contributed by atoms with van der Waals surface area (Å²) in [5.74, 6) is 0. The molecule has 2 aliphatic heterocycles. The molecule has 40 valence electrons. The number of fused-ring (bicyclic) bond motifs is 1. The lowest BCUT2D eigenvalue weighted by molar-refractivity contribution is 0.413. The number of piperazine rings is 1. The van der Waals surface area contributed by atoms with Crippen molar-refractivity contribution in [3.05, 3.63) is 0 Å². The molecule has 2 heterocycles. The van der Waals surface area contributed by atoms with Gasteiger partial charge in [-0.3, -0.25) is 0 Å². The highest BCUT2D eigenvalue weighted by Gasteiger charge is 2.34. The Kier molecular flexibility index (Phi) is 0.647. The molecule has 2 aliphatic rings. The minimum Gasteiger partial charge on any atom is -0.312 e. The van der Waals surface area contributed by atoms with E-state index >= 15 is 0 Å². The minimum atomic E-state index is 0.675. The number of hydrazine groups is 1. The highest BCUT2D eigenvalue weighted by Crippen LogP contribution is 2.08. The van der Waals surface area contributed by atoms with E-state index in [0.717, 1.165) is 13.1 Å². The Hall–Kier alpha value is -0.120. The highest BCUT2D eigenvalue weighted by atomic mass is 15.8. The molecule has 0 aromatic carbocycles. The van der Waals surface area contributed by atoms with Crippen molar-refractivity contribution in [2.24, 2.45) is 0 Å². The number of hydrogen-bond donors (Lipinski definition) is 2. The summed E-state index contributed by atoms with van der Waals surface area (Å²) in [5.41, 5.74) is 3.20. The van der Waals surface area contributed by atoms with Gasteiger partial charge in [-0.25, -0.2) is 10.4 Å². The lowest BCUT2D eigenvalue weighted by atomic mass is 10.4. The third-order valence-corrected chi connectivity index (χ3v) is 1.49. The largest absolute Gasteiger partial charge is 0.312 e. The zero-order valence-corrected chi connectivity index (χ0v) is 4.15. The molecule has 0 saturated carbocycles. The fourth-order valence-corrected chi connectivity index (χ4v) is 0.973. The van der Waals surface area contributed by atoms with Gasteiger partial charge in [0, 0.05) is 19.6 Å². The number of nitrogens with zero attached hydrogens (tertiary/aromatic N) is 1. The predicted molar refractivity (Wildman–Crippen MR) is 26.5 cm³/mol. The summed E-state index contributed by atoms with van der Waals surface area (Å²) in [7, 11) is 0. The predicted octanol–water partition coefficient (Wildman–Crippen LogP) is -1.26. The van der Waals surface area contributed by atoms with E-state index < -0.39 is 0 Å². The summed E-state index contributed by atoms with van der Waals surface area (Å²) in [6.07, 6.45) is 0.675. The Balaban J connectivity index is 1.95. The van der Waals surface area contributed by atoms with Crippen LogP contribution in [0.3, 0.4) is 0 Å². The Morgan fingerprint density at radius 3 is 3.14 bits per heavy atom. The van der Waals surface area contributed by atoms with Crippen LogP contribution in [0.4, 0.5) is 0 Å². The Morgan fingerprint density at radius 1 is 1.57 bits per heavy atom. The van der Waals surface area contributed by atoms with E-state index in [0.29, 0.717) is 6.17 Å². The second-order valence-electron chi connectivity index (χ2n) is 2.04. The average Bonchev–Trinajstić information content (AvgIpc) is 2.41. The molecule has 7 heavy (non-hydrogen) atoms. The molecule has 2 atom stereocenters. The van der Waals surface area contributed by atoms with Crippen LogP contribution in [-0.2, 0) is 0 Å². The topological polar surface area (TPSA) is 37.0 Å². The summed E-state index contributed by atoms with van der Waals surface area (Å²) in [6.45, 7) is 3.44. The van der Waals surface area contributed by atoms with Crippen molar-refractivity contribution >= 4 is 0 Å². The fraction of sp³-hybridized carbons (Fsp3) is 1.00. The standard InChI is InChI=1S/C4H9N3/c1-2-7-4(6-7)3-5-1/h4-6H,1-3H2. The maximum absolute atomic E-state index is 3.27. The van der Waals surface area contributed by atoms with E-state index in [4.69, 9.17) is 0 Å². The smallest absolute Gasteiger partial charge is 0.0988 e. The van der Waals surface area contributed by atoms with E-state index in [9.17, 15) is 0 Å². The molecule has 2 fully saturated rings. The second-order valence-corrected chi connectivity index (χ2v) is 2.04. The summed E-state index contributed by atoms with van der Waals surface area (Å²) in [4.78, 5) is 0. The molecule has 0 radical (unpaired) electrons. The molecule has 2 N–H and O–H groups in total. The molecule has 0 bridgehead atoms. The van der Waals surface area contributed by atoms with E-state index in [1.807, 2.05) is 0 Å². The minimum absolute atomic E-state index is 0.675. The summed E-state index contributed by atoms with van der Waals surface area (Å²) in [6, 6.07) is 0. The zero-order valence-electron chi connectivity index (χ0n) is 4.15. The van der Waals surface area contributed by atoms with Gasteiger partial charge in [-0.05, 0) is 0 Å². The van der Waals surface area contributed by atoms with E-state index in [1.165, 1.54) is 6.54 Å². The van der Waals surface area contributed by atoms with Gasteiger partial charge < -0.3 is 5.32 Å². The van der Waals surface area contributed by atoms with Gasteiger partial charge in [0.15, 0.2) is 0 Å². The van der Waals surface area contributed by atoms with Gasteiger partial charge in [0.2, 0.25) is 0 Å². The van der Waals surface area contributed by atoms with Crippen molar-refractivity contribution in [2.45, 2.75) is 6.17 Å². The lowest BCUT2D eigenvalue weighted by Crippen LogP contribution is -2.33. The van der Waals surface area contributed by atoms with Gasteiger partial charge in [-0.1, -0.05) is 0 Å². The molecule has 2 unspecified atom stereocenters. The molecular formula is C4H9N3. The molecule has 0 aliphatic carbocycles. The Bertz CT molecular complexity index is 73.0. The molecular weight excluding hydrogens is 90.1 g/mol. The van der Waals surface area contributed by atoms with Crippen LogP contribution in [0.2, 0.25) is 0 Å². The maximum atomic E-state index is 3.27. The molecule has 3 heteroatoms. The molecule has 0 spiro atoms. The van der Waals surface area contributed by atoms with Crippen LogP contribution in [-0.4, -0.2) is 30.8 Å². The van der Waals surface area contributed by atoms with Crippen LogP contribution in [0.5, 0.6) is 0 Å². The molecule has 2 saturated heterocycles. The van der Waals surface area contributed by atoms with Crippen molar-refractivity contribution in [1.29, 1.82) is 0 Å². The molecule has 0 amide bonds. The van der Waals surface area contributed by atoms with Crippen molar-refractivity contribution in [1.82, 2.24) is 15.8 Å². The van der Waals surface area contributed by atoms with Crippen LogP contribution in [0.25, 0.3) is 0 Å². The molecule has 2 rings (SSSR count). The van der Waals surface area contributed by atoms with E-state index in [1.54, 1.807) is 0 Å². The SMILES string of the molecule is C1CN2NC2CN1. The third kappa shape index (κ3) is 0.534. The number of hydrogen-bond acceptors (Lipinski definition) is 3. The zero-order chi connectivity index (χ0) is 4.69. The summed E-state index contributed by atoms with van der Waals surface area (Å²) >= 11 is 0. The number of rotatable bonds is 0. The van der Waals surface area contributed by atoms with Crippen molar-refractivity contribution in [3.8, 4) is 0 Å². The van der Waals surface area contributed by atoms with Gasteiger partial charge in [0.1, 0.15) is 0 Å². The quantitative estimate of drug-likeness (QED) is 0.372. The Morgan fingerprint density at radius 2 is 2.57 bits per heavy atom. The van der Waals surface area contributed by atoms with Gasteiger partial charge in [-0.2, -0.15) is 0 Å². The fourth-order valence-electron chi connectivity index (χ4n) is 0.973. The van der Waals surface area contributed by atoms with Gasteiger partial charge in [0.25, 0.3) is 0 Å². The first-order chi connectivity index (χ1) is 3.47. The second kappa shape index (κ2) is 1.18. The van der Waals surface area contributed by atoms with Crippen LogP contribution < -0.4 is 10.7 Å². The van der Waals surface area contributed by atoms with Crippen LogP contribution in [0.15, 0.2) is 0 Å². The number of nitrogens with one attached hydrogen (secondary N) is 2.